The summed E-state index contributed by atoms with van der Waals surface area (Å²) in [4.78, 5) is 2.14. The van der Waals surface area contributed by atoms with Crippen LogP contribution in [0.3, 0.4) is 0 Å². The molecule has 0 bridgehead atoms. The Morgan fingerprint density at radius 3 is 2.50 bits per heavy atom. The molecule has 1 aromatic carbocycles. The number of nitrogens with zero attached hydrogens (tertiary/aromatic N) is 2. The molecule has 110 valence electrons. The average molecular weight is 298 g/mol. The number of halogens is 1. The Bertz CT molecular complexity index is 637. The first-order valence-electron chi connectivity index (χ1n) is 6.78. The van der Waals surface area contributed by atoms with E-state index in [-0.39, 0.29) is 11.2 Å². The Labute approximate surface area is 119 Å². The molecule has 0 N–H and O–H groups in total. The molecule has 1 spiro atoms. The maximum atomic E-state index is 13.6. The minimum atomic E-state index is -3.13. The van der Waals surface area contributed by atoms with Gasteiger partial charge in [0.05, 0.1) is 6.26 Å². The number of piperidine rings is 1. The van der Waals surface area contributed by atoms with Crippen LogP contribution in [0.1, 0.15) is 18.4 Å². The third kappa shape index (κ3) is 2.11. The van der Waals surface area contributed by atoms with Gasteiger partial charge in [0.1, 0.15) is 5.82 Å². The molecule has 0 radical (unpaired) electrons. The largest absolute Gasteiger partial charge is 0.373 e. The number of sulfonamides is 1. The minimum Gasteiger partial charge on any atom is -0.373 e. The summed E-state index contributed by atoms with van der Waals surface area (Å²) in [5, 5.41) is 0. The zero-order valence-electron chi connectivity index (χ0n) is 11.8. The van der Waals surface area contributed by atoms with E-state index in [1.165, 1.54) is 16.6 Å². The molecule has 0 saturated carbocycles. The second-order valence-electron chi connectivity index (χ2n) is 5.96. The van der Waals surface area contributed by atoms with Gasteiger partial charge in [-0.3, -0.25) is 0 Å². The van der Waals surface area contributed by atoms with Crippen molar-refractivity contribution in [2.75, 3.05) is 37.8 Å². The van der Waals surface area contributed by atoms with Crippen molar-refractivity contribution in [1.82, 2.24) is 4.31 Å². The quantitative estimate of drug-likeness (QED) is 0.790. The number of anilines is 1. The molecule has 2 heterocycles. The zero-order chi connectivity index (χ0) is 14.5. The summed E-state index contributed by atoms with van der Waals surface area (Å²) < 4.78 is 38.3. The number of hydrogen-bond acceptors (Lipinski definition) is 3. The van der Waals surface area contributed by atoms with Gasteiger partial charge < -0.3 is 4.90 Å². The van der Waals surface area contributed by atoms with Crippen LogP contribution in [0.15, 0.2) is 18.2 Å². The Kier molecular flexibility index (Phi) is 3.06. The Morgan fingerprint density at radius 2 is 1.90 bits per heavy atom. The molecule has 2 aliphatic rings. The predicted molar refractivity (Wildman–Crippen MR) is 77.0 cm³/mol. The van der Waals surface area contributed by atoms with Crippen molar-refractivity contribution in [1.29, 1.82) is 0 Å². The second-order valence-corrected chi connectivity index (χ2v) is 7.94. The summed E-state index contributed by atoms with van der Waals surface area (Å²) in [5.41, 5.74) is 2.00. The first-order valence-corrected chi connectivity index (χ1v) is 8.63. The van der Waals surface area contributed by atoms with Crippen LogP contribution in [0.5, 0.6) is 0 Å². The Hall–Kier alpha value is -1.14. The van der Waals surface area contributed by atoms with Crippen LogP contribution >= 0.6 is 0 Å². The molecule has 20 heavy (non-hydrogen) atoms. The lowest BCUT2D eigenvalue weighted by Crippen LogP contribution is -2.46. The van der Waals surface area contributed by atoms with Crippen LogP contribution < -0.4 is 4.90 Å². The molecule has 0 atom stereocenters. The van der Waals surface area contributed by atoms with Crippen LogP contribution in [-0.2, 0) is 15.4 Å². The highest BCUT2D eigenvalue weighted by Crippen LogP contribution is 2.46. The van der Waals surface area contributed by atoms with Crippen molar-refractivity contribution >= 4 is 15.7 Å². The van der Waals surface area contributed by atoms with Crippen molar-refractivity contribution in [2.45, 2.75) is 18.3 Å². The van der Waals surface area contributed by atoms with E-state index in [9.17, 15) is 12.8 Å². The number of rotatable bonds is 1. The van der Waals surface area contributed by atoms with E-state index in [0.29, 0.717) is 13.1 Å². The molecule has 0 aliphatic carbocycles. The first kappa shape index (κ1) is 13.8. The standard InChI is InChI=1S/C14H19FN2O2S/c1-16-10-14(12-9-11(15)3-4-13(12)16)5-7-17(8-6-14)20(2,18)19/h3-4,9H,5-8,10H2,1-2H3. The van der Waals surface area contributed by atoms with Gasteiger partial charge in [-0.05, 0) is 36.6 Å². The molecular formula is C14H19FN2O2S. The van der Waals surface area contributed by atoms with E-state index < -0.39 is 10.0 Å². The second kappa shape index (κ2) is 4.43. The van der Waals surface area contributed by atoms with Gasteiger partial charge in [0.2, 0.25) is 10.0 Å². The van der Waals surface area contributed by atoms with Crippen molar-refractivity contribution in [3.8, 4) is 0 Å². The van der Waals surface area contributed by atoms with Crippen molar-refractivity contribution < 1.29 is 12.8 Å². The van der Waals surface area contributed by atoms with Gasteiger partial charge in [-0.2, -0.15) is 0 Å². The predicted octanol–water partition coefficient (Wildman–Crippen LogP) is 1.57. The summed E-state index contributed by atoms with van der Waals surface area (Å²) in [7, 11) is -1.12. The van der Waals surface area contributed by atoms with Crippen molar-refractivity contribution in [3.63, 3.8) is 0 Å². The van der Waals surface area contributed by atoms with Crippen LogP contribution in [0.25, 0.3) is 0 Å². The van der Waals surface area contributed by atoms with Crippen molar-refractivity contribution in [3.05, 3.63) is 29.6 Å². The molecule has 3 rings (SSSR count). The van der Waals surface area contributed by atoms with Gasteiger partial charge in [0.15, 0.2) is 0 Å². The fourth-order valence-electron chi connectivity index (χ4n) is 3.56. The van der Waals surface area contributed by atoms with Gasteiger partial charge in [-0.15, -0.1) is 0 Å². The van der Waals surface area contributed by atoms with Crippen LogP contribution in [-0.4, -0.2) is 45.7 Å². The Morgan fingerprint density at radius 1 is 1.25 bits per heavy atom. The molecule has 0 amide bonds. The number of benzene rings is 1. The molecule has 6 heteroatoms. The summed E-state index contributed by atoms with van der Waals surface area (Å²) in [5.74, 6) is -0.219. The molecular weight excluding hydrogens is 279 g/mol. The van der Waals surface area contributed by atoms with Gasteiger partial charge in [0.25, 0.3) is 0 Å². The van der Waals surface area contributed by atoms with Crippen LogP contribution in [0.4, 0.5) is 10.1 Å². The van der Waals surface area contributed by atoms with E-state index in [4.69, 9.17) is 0 Å². The maximum Gasteiger partial charge on any atom is 0.211 e. The molecule has 1 fully saturated rings. The maximum absolute atomic E-state index is 13.6. The third-order valence-electron chi connectivity index (χ3n) is 4.63. The summed E-state index contributed by atoms with van der Waals surface area (Å²) in [6.07, 6.45) is 2.75. The van der Waals surface area contributed by atoms with Crippen molar-refractivity contribution in [2.24, 2.45) is 0 Å². The van der Waals surface area contributed by atoms with Crippen LogP contribution in [0.2, 0.25) is 0 Å². The number of hydrogen-bond donors (Lipinski definition) is 0. The summed E-state index contributed by atoms with van der Waals surface area (Å²) >= 11 is 0. The smallest absolute Gasteiger partial charge is 0.211 e. The van der Waals surface area contributed by atoms with E-state index in [1.807, 2.05) is 13.1 Å². The summed E-state index contributed by atoms with van der Waals surface area (Å²) in [6, 6.07) is 4.93. The topological polar surface area (TPSA) is 40.6 Å². The van der Waals surface area contributed by atoms with Crippen LogP contribution in [0, 0.1) is 5.82 Å². The molecule has 0 aromatic heterocycles. The highest BCUT2D eigenvalue weighted by molar-refractivity contribution is 7.88. The monoisotopic (exact) mass is 298 g/mol. The Balaban J connectivity index is 1.92. The van der Waals surface area contributed by atoms with Gasteiger partial charge in [0, 0.05) is 37.8 Å². The fourth-order valence-corrected chi connectivity index (χ4v) is 4.41. The lowest BCUT2D eigenvalue weighted by atomic mass is 9.75. The molecule has 1 aromatic rings. The van der Waals surface area contributed by atoms with Gasteiger partial charge in [-0.25, -0.2) is 17.1 Å². The molecule has 2 aliphatic heterocycles. The fraction of sp³-hybridized carbons (Fsp3) is 0.571. The first-order chi connectivity index (χ1) is 9.32. The number of fused-ring (bicyclic) bond motifs is 2. The van der Waals surface area contributed by atoms with E-state index in [1.54, 1.807) is 6.07 Å². The zero-order valence-corrected chi connectivity index (χ0v) is 12.6. The average Bonchev–Trinajstić information content (AvgIpc) is 2.62. The molecule has 1 saturated heterocycles. The highest BCUT2D eigenvalue weighted by Gasteiger charge is 2.44. The third-order valence-corrected chi connectivity index (χ3v) is 5.93. The SMILES string of the molecule is CN1CC2(CCN(S(C)(=O)=O)CC2)c2cc(F)ccc21. The molecule has 4 nitrogen and oxygen atoms in total. The lowest BCUT2D eigenvalue weighted by Gasteiger charge is -2.38. The van der Waals surface area contributed by atoms with Gasteiger partial charge >= 0.3 is 0 Å². The van der Waals surface area contributed by atoms with E-state index in [2.05, 4.69) is 4.90 Å². The molecule has 0 unspecified atom stereocenters. The van der Waals surface area contributed by atoms with Gasteiger partial charge in [-0.1, -0.05) is 0 Å². The van der Waals surface area contributed by atoms with E-state index in [0.717, 1.165) is 30.6 Å². The highest BCUT2D eigenvalue weighted by atomic mass is 32.2. The van der Waals surface area contributed by atoms with E-state index >= 15 is 0 Å². The summed E-state index contributed by atoms with van der Waals surface area (Å²) in [6.45, 7) is 1.87. The normalized spacial score (nSPS) is 22.2. The minimum absolute atomic E-state index is 0.104. The lowest BCUT2D eigenvalue weighted by molar-refractivity contribution is 0.246. The number of likely N-dealkylation sites (N-methyl/N-ethyl adjacent to an activating group) is 1.